The first-order valence-electron chi connectivity index (χ1n) is 9.51. The molecule has 0 aliphatic heterocycles. The third-order valence-corrected chi connectivity index (χ3v) is 5.23. The van der Waals surface area contributed by atoms with Gasteiger partial charge in [-0.3, -0.25) is 4.79 Å². The molecule has 0 fully saturated rings. The standard InChI is InChI=1S/C21H22F3N3O3/c1-12-17(18(20(29)30)25-19(28)14-7-4-3-5-8-14)13(2)27(26-12)16-10-6-9-15(11-16)21(22,23)24/h3-4,6,9-11,14,18H,5,7-8H2,1-2H3,(H,25,28)(H,29,30). The van der Waals surface area contributed by atoms with E-state index in [0.717, 1.165) is 18.6 Å². The summed E-state index contributed by atoms with van der Waals surface area (Å²) in [4.78, 5) is 24.5. The van der Waals surface area contributed by atoms with Crippen molar-refractivity contribution in [3.05, 3.63) is 58.9 Å². The summed E-state index contributed by atoms with van der Waals surface area (Å²) in [6.07, 6.45) is 1.29. The molecule has 2 atom stereocenters. The van der Waals surface area contributed by atoms with Gasteiger partial charge in [0, 0.05) is 17.2 Å². The molecule has 0 bridgehead atoms. The van der Waals surface area contributed by atoms with Gasteiger partial charge in [0.05, 0.1) is 16.9 Å². The molecule has 9 heteroatoms. The van der Waals surface area contributed by atoms with E-state index in [4.69, 9.17) is 0 Å². The number of aryl methyl sites for hydroxylation is 1. The first-order valence-corrected chi connectivity index (χ1v) is 9.51. The lowest BCUT2D eigenvalue weighted by atomic mass is 9.93. The number of rotatable bonds is 5. The zero-order valence-corrected chi connectivity index (χ0v) is 16.5. The van der Waals surface area contributed by atoms with E-state index in [2.05, 4.69) is 10.4 Å². The molecule has 3 rings (SSSR count). The van der Waals surface area contributed by atoms with Gasteiger partial charge in [-0.2, -0.15) is 18.3 Å². The van der Waals surface area contributed by atoms with E-state index in [1.165, 1.54) is 16.8 Å². The summed E-state index contributed by atoms with van der Waals surface area (Å²) in [5.41, 5.74) is 0.260. The normalized spacial score (nSPS) is 17.6. The number of nitrogens with zero attached hydrogens (tertiary/aromatic N) is 2. The summed E-state index contributed by atoms with van der Waals surface area (Å²) in [5, 5.41) is 16.6. The van der Waals surface area contributed by atoms with Gasteiger partial charge in [0.15, 0.2) is 6.04 Å². The lowest BCUT2D eigenvalue weighted by molar-refractivity contribution is -0.142. The molecule has 1 aromatic carbocycles. The van der Waals surface area contributed by atoms with E-state index in [9.17, 15) is 27.9 Å². The molecule has 1 amide bonds. The number of carbonyl (C=O) groups is 2. The molecule has 2 aromatic rings. The largest absolute Gasteiger partial charge is 0.479 e. The lowest BCUT2D eigenvalue weighted by Gasteiger charge is -2.21. The van der Waals surface area contributed by atoms with Crippen molar-refractivity contribution in [3.8, 4) is 5.69 Å². The van der Waals surface area contributed by atoms with Crippen LogP contribution >= 0.6 is 0 Å². The number of amides is 1. The van der Waals surface area contributed by atoms with E-state index in [1.807, 2.05) is 12.2 Å². The number of nitrogens with one attached hydrogen (secondary N) is 1. The fourth-order valence-corrected chi connectivity index (χ4v) is 3.69. The Labute approximate surface area is 171 Å². The van der Waals surface area contributed by atoms with E-state index in [1.54, 1.807) is 13.8 Å². The Morgan fingerprint density at radius 2 is 2.00 bits per heavy atom. The average molecular weight is 421 g/mol. The van der Waals surface area contributed by atoms with Crippen molar-refractivity contribution in [2.75, 3.05) is 0 Å². The second-order valence-corrected chi connectivity index (χ2v) is 7.31. The number of carboxylic acid groups (broad SMARTS) is 1. The first-order chi connectivity index (χ1) is 14.1. The molecule has 0 saturated carbocycles. The minimum absolute atomic E-state index is 0.157. The van der Waals surface area contributed by atoms with Crippen molar-refractivity contribution < 1.29 is 27.9 Å². The van der Waals surface area contributed by atoms with Crippen molar-refractivity contribution in [2.24, 2.45) is 5.92 Å². The Balaban J connectivity index is 1.95. The zero-order chi connectivity index (χ0) is 22.1. The number of benzene rings is 1. The van der Waals surface area contributed by atoms with Gasteiger partial charge in [0.2, 0.25) is 5.91 Å². The van der Waals surface area contributed by atoms with Crippen LogP contribution in [0.5, 0.6) is 0 Å². The van der Waals surface area contributed by atoms with Crippen LogP contribution in [0.3, 0.4) is 0 Å². The van der Waals surface area contributed by atoms with E-state index >= 15 is 0 Å². The highest BCUT2D eigenvalue weighted by Gasteiger charge is 2.33. The third-order valence-electron chi connectivity index (χ3n) is 5.23. The van der Waals surface area contributed by atoms with Crippen molar-refractivity contribution in [3.63, 3.8) is 0 Å². The highest BCUT2D eigenvalue weighted by atomic mass is 19.4. The number of carboxylic acids is 1. The minimum atomic E-state index is -4.51. The van der Waals surface area contributed by atoms with E-state index < -0.39 is 23.8 Å². The molecule has 1 aliphatic rings. The van der Waals surface area contributed by atoms with Gasteiger partial charge >= 0.3 is 12.1 Å². The summed E-state index contributed by atoms with van der Waals surface area (Å²) in [5.74, 6) is -1.93. The summed E-state index contributed by atoms with van der Waals surface area (Å²) >= 11 is 0. The van der Waals surface area contributed by atoms with Gasteiger partial charge in [0.1, 0.15) is 0 Å². The SMILES string of the molecule is Cc1nn(-c2cccc(C(F)(F)F)c2)c(C)c1C(NC(=O)C1CC=CCC1)C(=O)O. The molecule has 0 radical (unpaired) electrons. The van der Waals surface area contributed by atoms with Crippen LogP contribution in [0.15, 0.2) is 36.4 Å². The van der Waals surface area contributed by atoms with Crippen molar-refractivity contribution in [1.82, 2.24) is 15.1 Å². The summed E-state index contributed by atoms with van der Waals surface area (Å²) in [6.45, 7) is 3.14. The Morgan fingerprint density at radius 3 is 2.60 bits per heavy atom. The summed E-state index contributed by atoms with van der Waals surface area (Å²) in [6, 6.07) is 3.28. The van der Waals surface area contributed by atoms with E-state index in [0.29, 0.717) is 24.2 Å². The van der Waals surface area contributed by atoms with Crippen LogP contribution in [0.1, 0.15) is 47.8 Å². The molecule has 2 unspecified atom stereocenters. The molecule has 0 spiro atoms. The average Bonchev–Trinajstić information content (AvgIpc) is 3.00. The molecule has 1 aromatic heterocycles. The zero-order valence-electron chi connectivity index (χ0n) is 16.5. The van der Waals surface area contributed by atoms with Crippen LogP contribution in [-0.4, -0.2) is 26.8 Å². The van der Waals surface area contributed by atoms with Crippen molar-refractivity contribution >= 4 is 11.9 Å². The predicted octanol–water partition coefficient (Wildman–Crippen LogP) is 4.11. The second-order valence-electron chi connectivity index (χ2n) is 7.31. The maximum absolute atomic E-state index is 13.1. The monoisotopic (exact) mass is 421 g/mol. The van der Waals surface area contributed by atoms with Gasteiger partial charge in [-0.25, -0.2) is 9.48 Å². The molecule has 1 heterocycles. The third kappa shape index (κ3) is 4.39. The molecule has 1 aliphatic carbocycles. The first kappa shape index (κ1) is 21.6. The summed E-state index contributed by atoms with van der Waals surface area (Å²) in [7, 11) is 0. The molecular formula is C21H22F3N3O3. The van der Waals surface area contributed by atoms with Gasteiger partial charge in [-0.05, 0) is 51.3 Å². The maximum atomic E-state index is 13.1. The van der Waals surface area contributed by atoms with Gasteiger partial charge in [0.25, 0.3) is 0 Å². The van der Waals surface area contributed by atoms with E-state index in [-0.39, 0.29) is 23.1 Å². The number of aliphatic carboxylic acids is 1. The Morgan fingerprint density at radius 1 is 1.27 bits per heavy atom. The molecule has 2 N–H and O–H groups in total. The van der Waals surface area contributed by atoms with Crippen LogP contribution in [0, 0.1) is 19.8 Å². The Kier molecular flexibility index (Phi) is 6.00. The fraction of sp³-hybridized carbons (Fsp3) is 0.381. The number of halogens is 3. The lowest BCUT2D eigenvalue weighted by Crippen LogP contribution is -2.38. The smallest absolute Gasteiger partial charge is 0.416 e. The highest BCUT2D eigenvalue weighted by Crippen LogP contribution is 2.32. The van der Waals surface area contributed by atoms with Crippen LogP contribution in [-0.2, 0) is 15.8 Å². The number of carbonyl (C=O) groups excluding carboxylic acids is 1. The molecule has 30 heavy (non-hydrogen) atoms. The number of hydrogen-bond donors (Lipinski definition) is 2. The molecular weight excluding hydrogens is 399 g/mol. The fourth-order valence-electron chi connectivity index (χ4n) is 3.69. The Hall–Kier alpha value is -3.10. The topological polar surface area (TPSA) is 84.2 Å². The molecule has 6 nitrogen and oxygen atoms in total. The van der Waals surface area contributed by atoms with Crippen molar-refractivity contribution in [2.45, 2.75) is 45.3 Å². The molecule has 160 valence electrons. The number of alkyl halides is 3. The minimum Gasteiger partial charge on any atom is -0.479 e. The van der Waals surface area contributed by atoms with Gasteiger partial charge in [-0.1, -0.05) is 18.2 Å². The van der Waals surface area contributed by atoms with Crippen molar-refractivity contribution in [1.29, 1.82) is 0 Å². The predicted molar refractivity (Wildman–Crippen MR) is 103 cm³/mol. The quantitative estimate of drug-likeness (QED) is 0.712. The van der Waals surface area contributed by atoms with Crippen LogP contribution in [0.25, 0.3) is 5.69 Å². The van der Waals surface area contributed by atoms with Crippen LogP contribution < -0.4 is 5.32 Å². The van der Waals surface area contributed by atoms with Gasteiger partial charge in [-0.15, -0.1) is 0 Å². The number of aromatic nitrogens is 2. The van der Waals surface area contributed by atoms with Crippen LogP contribution in [0.4, 0.5) is 13.2 Å². The van der Waals surface area contributed by atoms with Crippen LogP contribution in [0.2, 0.25) is 0 Å². The van der Waals surface area contributed by atoms with Gasteiger partial charge < -0.3 is 10.4 Å². The number of hydrogen-bond acceptors (Lipinski definition) is 3. The molecule has 0 saturated heterocycles. The number of allylic oxidation sites excluding steroid dienone is 2. The maximum Gasteiger partial charge on any atom is 0.416 e. The second kappa shape index (κ2) is 8.33. The summed E-state index contributed by atoms with van der Waals surface area (Å²) < 4.78 is 40.5. The highest BCUT2D eigenvalue weighted by molar-refractivity contribution is 5.86. The Bertz CT molecular complexity index is 995.